The van der Waals surface area contributed by atoms with Crippen LogP contribution >= 0.6 is 0 Å². The van der Waals surface area contributed by atoms with Gasteiger partial charge in [-0.05, 0) is 25.7 Å². The molecule has 0 unspecified atom stereocenters. The molecule has 5 heteroatoms. The van der Waals surface area contributed by atoms with E-state index in [0.717, 1.165) is 24.8 Å². The summed E-state index contributed by atoms with van der Waals surface area (Å²) in [5, 5.41) is 0. The van der Waals surface area contributed by atoms with E-state index in [1.54, 1.807) is 0 Å². The Bertz CT molecular complexity index is 389. The van der Waals surface area contributed by atoms with Crippen LogP contribution in [-0.4, -0.2) is 29.7 Å². The van der Waals surface area contributed by atoms with Crippen molar-refractivity contribution in [2.24, 2.45) is 5.92 Å². The maximum absolute atomic E-state index is 6.08. The van der Waals surface area contributed by atoms with E-state index in [1.165, 1.54) is 25.6 Å². The Labute approximate surface area is 108 Å². The van der Waals surface area contributed by atoms with Gasteiger partial charge in [-0.2, -0.15) is 4.98 Å². The fraction of sp³-hybridized carbons (Fsp3) is 0.692. The minimum atomic E-state index is 0.500. The topological polar surface area (TPSA) is 64.3 Å². The van der Waals surface area contributed by atoms with Gasteiger partial charge in [0.2, 0.25) is 5.88 Å². The second kappa shape index (κ2) is 5.89. The predicted molar refractivity (Wildman–Crippen MR) is 72.8 cm³/mol. The molecule has 2 heterocycles. The molecule has 1 saturated heterocycles. The first-order valence-electron chi connectivity index (χ1n) is 6.74. The van der Waals surface area contributed by atoms with Crippen LogP contribution in [-0.2, 0) is 0 Å². The number of nitrogen functional groups attached to an aromatic ring is 1. The van der Waals surface area contributed by atoms with Gasteiger partial charge in [0, 0.05) is 13.1 Å². The van der Waals surface area contributed by atoms with Gasteiger partial charge in [0.25, 0.3) is 0 Å². The smallest absolute Gasteiger partial charge is 0.242 e. The molecule has 1 aromatic rings. The van der Waals surface area contributed by atoms with Gasteiger partial charge in [0.1, 0.15) is 12.0 Å². The second-order valence-corrected chi connectivity index (χ2v) is 4.69. The zero-order valence-corrected chi connectivity index (χ0v) is 11.2. The lowest BCUT2D eigenvalue weighted by atomic mass is 9.94. The molecule has 0 saturated carbocycles. The Morgan fingerprint density at radius 3 is 2.67 bits per heavy atom. The zero-order valence-electron chi connectivity index (χ0n) is 11.2. The minimum absolute atomic E-state index is 0.500. The summed E-state index contributed by atoms with van der Waals surface area (Å²) in [7, 11) is 0. The molecule has 1 aliphatic rings. The molecule has 0 radical (unpaired) electrons. The first kappa shape index (κ1) is 12.9. The van der Waals surface area contributed by atoms with Crippen molar-refractivity contribution in [1.82, 2.24) is 9.97 Å². The van der Waals surface area contributed by atoms with Crippen LogP contribution in [0, 0.1) is 5.92 Å². The molecule has 1 fully saturated rings. The van der Waals surface area contributed by atoms with E-state index in [4.69, 9.17) is 10.5 Å². The number of aromatic nitrogens is 2. The quantitative estimate of drug-likeness (QED) is 0.886. The van der Waals surface area contributed by atoms with E-state index in [9.17, 15) is 0 Å². The third-order valence-corrected chi connectivity index (χ3v) is 3.60. The van der Waals surface area contributed by atoms with Crippen LogP contribution in [0.4, 0.5) is 11.5 Å². The number of piperidine rings is 1. The normalized spacial score (nSPS) is 16.9. The van der Waals surface area contributed by atoms with E-state index in [1.807, 2.05) is 6.92 Å². The molecule has 0 spiro atoms. The van der Waals surface area contributed by atoms with Gasteiger partial charge in [-0.15, -0.1) is 0 Å². The molecule has 0 amide bonds. The van der Waals surface area contributed by atoms with Gasteiger partial charge in [-0.25, -0.2) is 4.98 Å². The van der Waals surface area contributed by atoms with Gasteiger partial charge in [0.15, 0.2) is 5.82 Å². The number of nitrogens with zero attached hydrogens (tertiary/aromatic N) is 3. The number of hydrogen-bond donors (Lipinski definition) is 1. The van der Waals surface area contributed by atoms with Gasteiger partial charge < -0.3 is 15.4 Å². The van der Waals surface area contributed by atoms with Crippen LogP contribution in [0.25, 0.3) is 0 Å². The maximum Gasteiger partial charge on any atom is 0.242 e. The maximum atomic E-state index is 6.08. The molecule has 2 N–H and O–H groups in total. The van der Waals surface area contributed by atoms with Gasteiger partial charge in [-0.3, -0.25) is 0 Å². The average Bonchev–Trinajstić information content (AvgIpc) is 2.42. The summed E-state index contributed by atoms with van der Waals surface area (Å²) in [6.07, 6.45) is 5.22. The molecule has 5 nitrogen and oxygen atoms in total. The van der Waals surface area contributed by atoms with Crippen molar-refractivity contribution in [3.63, 3.8) is 0 Å². The highest BCUT2D eigenvalue weighted by molar-refractivity contribution is 5.67. The highest BCUT2D eigenvalue weighted by Crippen LogP contribution is 2.31. The lowest BCUT2D eigenvalue weighted by Gasteiger charge is -2.32. The van der Waals surface area contributed by atoms with E-state index in [-0.39, 0.29) is 0 Å². The van der Waals surface area contributed by atoms with Gasteiger partial charge >= 0.3 is 0 Å². The van der Waals surface area contributed by atoms with E-state index in [0.29, 0.717) is 18.2 Å². The van der Waals surface area contributed by atoms with Gasteiger partial charge in [0.05, 0.1) is 6.61 Å². The van der Waals surface area contributed by atoms with Crippen LogP contribution < -0.4 is 15.4 Å². The first-order chi connectivity index (χ1) is 8.76. The minimum Gasteiger partial charge on any atom is -0.476 e. The second-order valence-electron chi connectivity index (χ2n) is 4.69. The Morgan fingerprint density at radius 1 is 1.33 bits per heavy atom. The monoisotopic (exact) mass is 250 g/mol. The fourth-order valence-corrected chi connectivity index (χ4v) is 2.43. The Kier molecular flexibility index (Phi) is 4.23. The zero-order chi connectivity index (χ0) is 13.0. The first-order valence-corrected chi connectivity index (χ1v) is 6.74. The van der Waals surface area contributed by atoms with Crippen LogP contribution in [0.2, 0.25) is 0 Å². The summed E-state index contributed by atoms with van der Waals surface area (Å²) in [5.41, 5.74) is 6.64. The molecule has 1 aliphatic heterocycles. The van der Waals surface area contributed by atoms with E-state index in [2.05, 4.69) is 21.8 Å². The summed E-state index contributed by atoms with van der Waals surface area (Å²) in [6.45, 7) is 6.79. The average molecular weight is 250 g/mol. The summed E-state index contributed by atoms with van der Waals surface area (Å²) >= 11 is 0. The molecule has 0 bridgehead atoms. The summed E-state index contributed by atoms with van der Waals surface area (Å²) < 4.78 is 5.41. The van der Waals surface area contributed by atoms with Crippen molar-refractivity contribution in [2.45, 2.75) is 33.1 Å². The summed E-state index contributed by atoms with van der Waals surface area (Å²) in [4.78, 5) is 10.6. The highest BCUT2D eigenvalue weighted by atomic mass is 16.5. The number of anilines is 2. The number of ether oxygens (including phenoxy) is 1. The molecular weight excluding hydrogens is 228 g/mol. The van der Waals surface area contributed by atoms with E-state index >= 15 is 0 Å². The third-order valence-electron chi connectivity index (χ3n) is 3.60. The Morgan fingerprint density at radius 2 is 2.06 bits per heavy atom. The largest absolute Gasteiger partial charge is 0.476 e. The number of nitrogens with two attached hydrogens (primary N) is 1. The third kappa shape index (κ3) is 2.66. The molecule has 100 valence electrons. The van der Waals surface area contributed by atoms with Crippen molar-refractivity contribution in [3.05, 3.63) is 6.33 Å². The van der Waals surface area contributed by atoms with Crippen molar-refractivity contribution >= 4 is 11.5 Å². The lowest BCUT2D eigenvalue weighted by Crippen LogP contribution is -2.34. The Balaban J connectivity index is 2.11. The molecular formula is C13H22N4O. The molecule has 18 heavy (non-hydrogen) atoms. The molecule has 2 rings (SSSR count). The number of hydrogen-bond acceptors (Lipinski definition) is 5. The van der Waals surface area contributed by atoms with Crippen molar-refractivity contribution in [1.29, 1.82) is 0 Å². The number of rotatable bonds is 4. The SMILES string of the molecule is CCOc1ncnc(N2CCC(CC)CC2)c1N. The molecule has 1 aromatic heterocycles. The van der Waals surface area contributed by atoms with Crippen LogP contribution in [0.1, 0.15) is 33.1 Å². The molecule has 0 aromatic carbocycles. The van der Waals surface area contributed by atoms with Crippen LogP contribution in [0.3, 0.4) is 0 Å². The van der Waals surface area contributed by atoms with Crippen molar-refractivity contribution < 1.29 is 4.74 Å². The van der Waals surface area contributed by atoms with Gasteiger partial charge in [-0.1, -0.05) is 13.3 Å². The molecule has 0 atom stereocenters. The summed E-state index contributed by atoms with van der Waals surface area (Å²) in [6, 6.07) is 0. The van der Waals surface area contributed by atoms with Crippen LogP contribution in [0.15, 0.2) is 6.33 Å². The highest BCUT2D eigenvalue weighted by Gasteiger charge is 2.22. The van der Waals surface area contributed by atoms with Crippen molar-refractivity contribution in [3.8, 4) is 5.88 Å². The standard InChI is InChI=1S/C13H22N4O/c1-3-10-5-7-17(8-6-10)12-11(14)13(18-4-2)16-9-15-12/h9-10H,3-8,14H2,1-2H3. The fourth-order valence-electron chi connectivity index (χ4n) is 2.43. The summed E-state index contributed by atoms with van der Waals surface area (Å²) in [5.74, 6) is 2.17. The van der Waals surface area contributed by atoms with E-state index < -0.39 is 0 Å². The predicted octanol–water partition coefficient (Wildman–Crippen LogP) is 2.08. The van der Waals surface area contributed by atoms with Crippen LogP contribution in [0.5, 0.6) is 5.88 Å². The molecule has 0 aliphatic carbocycles. The lowest BCUT2D eigenvalue weighted by molar-refractivity contribution is 0.328. The Hall–Kier alpha value is -1.52. The van der Waals surface area contributed by atoms with Crippen molar-refractivity contribution in [2.75, 3.05) is 30.3 Å².